The lowest BCUT2D eigenvalue weighted by molar-refractivity contribution is 0.0950. The molecule has 1 fully saturated rings. The van der Waals surface area contributed by atoms with Gasteiger partial charge in [0.05, 0.1) is 11.4 Å². The first-order valence-electron chi connectivity index (χ1n) is 10.5. The predicted molar refractivity (Wildman–Crippen MR) is 122 cm³/mol. The highest BCUT2D eigenvalue weighted by Crippen LogP contribution is 2.18. The number of benzene rings is 2. The van der Waals surface area contributed by atoms with Gasteiger partial charge in [0.15, 0.2) is 0 Å². The highest BCUT2D eigenvalue weighted by atomic mass is 32.2. The summed E-state index contributed by atoms with van der Waals surface area (Å²) in [6.45, 7) is 5.81. The molecule has 2 N–H and O–H groups in total. The lowest BCUT2D eigenvalue weighted by atomic mass is 9.99. The van der Waals surface area contributed by atoms with E-state index in [9.17, 15) is 13.2 Å². The van der Waals surface area contributed by atoms with Crippen LogP contribution in [0, 0.1) is 18.3 Å². The van der Waals surface area contributed by atoms with Gasteiger partial charge in [-0.25, -0.2) is 8.42 Å². The van der Waals surface area contributed by atoms with Gasteiger partial charge in [0.2, 0.25) is 10.0 Å². The molecule has 164 valence electrons. The Hall–Kier alpha value is -2.66. The molecule has 1 saturated heterocycles. The van der Waals surface area contributed by atoms with Gasteiger partial charge >= 0.3 is 0 Å². The Morgan fingerprint density at radius 1 is 1.19 bits per heavy atom. The zero-order valence-electron chi connectivity index (χ0n) is 17.8. The molecule has 0 spiro atoms. The van der Waals surface area contributed by atoms with E-state index in [0.29, 0.717) is 6.54 Å². The SMILES string of the molecule is C#CCNS(=O)(=O)c1cccc(C(=O)NCc2ccc(CN3CCCC(C)C3)cc2)c1. The van der Waals surface area contributed by atoms with Crippen LogP contribution in [-0.2, 0) is 23.1 Å². The summed E-state index contributed by atoms with van der Waals surface area (Å²) in [6, 6.07) is 14.1. The van der Waals surface area contributed by atoms with Crippen LogP contribution in [0.15, 0.2) is 53.4 Å². The predicted octanol–water partition coefficient (Wildman–Crippen LogP) is 2.76. The smallest absolute Gasteiger partial charge is 0.251 e. The van der Waals surface area contributed by atoms with Crippen molar-refractivity contribution in [1.29, 1.82) is 0 Å². The number of hydrogen-bond donors (Lipinski definition) is 2. The number of piperidine rings is 1. The van der Waals surface area contributed by atoms with Gasteiger partial charge in [-0.1, -0.05) is 43.2 Å². The highest BCUT2D eigenvalue weighted by Gasteiger charge is 2.17. The van der Waals surface area contributed by atoms with Gasteiger partial charge in [0.25, 0.3) is 5.91 Å². The highest BCUT2D eigenvalue weighted by molar-refractivity contribution is 7.89. The number of carbonyl (C=O) groups excluding carboxylic acids is 1. The van der Waals surface area contributed by atoms with E-state index < -0.39 is 10.0 Å². The molecule has 31 heavy (non-hydrogen) atoms. The van der Waals surface area contributed by atoms with Crippen LogP contribution < -0.4 is 10.0 Å². The third kappa shape index (κ3) is 6.66. The minimum atomic E-state index is -3.74. The van der Waals surface area contributed by atoms with Crippen LogP contribution in [-0.4, -0.2) is 38.9 Å². The molecule has 1 heterocycles. The Labute approximate surface area is 185 Å². The van der Waals surface area contributed by atoms with E-state index in [0.717, 1.165) is 31.1 Å². The van der Waals surface area contributed by atoms with Crippen LogP contribution in [0.2, 0.25) is 0 Å². The third-order valence-corrected chi connectivity index (χ3v) is 6.79. The van der Waals surface area contributed by atoms with Gasteiger partial charge in [-0.3, -0.25) is 9.69 Å². The molecule has 0 saturated carbocycles. The number of terminal acetylenes is 1. The number of nitrogens with zero attached hydrogens (tertiary/aromatic N) is 1. The van der Waals surface area contributed by atoms with Gasteiger partial charge < -0.3 is 5.32 Å². The average molecular weight is 440 g/mol. The van der Waals surface area contributed by atoms with Crippen LogP contribution >= 0.6 is 0 Å². The van der Waals surface area contributed by atoms with Crippen molar-refractivity contribution in [1.82, 2.24) is 14.9 Å². The summed E-state index contributed by atoms with van der Waals surface area (Å²) in [5.74, 6) is 2.65. The van der Waals surface area contributed by atoms with Crippen LogP contribution in [0.4, 0.5) is 0 Å². The maximum Gasteiger partial charge on any atom is 0.251 e. The summed E-state index contributed by atoms with van der Waals surface area (Å²) in [6.07, 6.45) is 7.67. The van der Waals surface area contributed by atoms with E-state index in [1.54, 1.807) is 6.07 Å². The molecule has 3 rings (SSSR count). The van der Waals surface area contributed by atoms with Gasteiger partial charge in [0, 0.05) is 25.2 Å². The molecule has 2 aromatic carbocycles. The molecule has 0 bridgehead atoms. The fourth-order valence-electron chi connectivity index (χ4n) is 3.76. The molecule has 2 aromatic rings. The van der Waals surface area contributed by atoms with E-state index in [1.807, 2.05) is 12.1 Å². The zero-order chi connectivity index (χ0) is 22.3. The summed E-state index contributed by atoms with van der Waals surface area (Å²) in [5, 5.41) is 2.85. The second-order valence-corrected chi connectivity index (χ2v) is 9.81. The minimum Gasteiger partial charge on any atom is -0.348 e. The lowest BCUT2D eigenvalue weighted by Crippen LogP contribution is -2.33. The summed E-state index contributed by atoms with van der Waals surface area (Å²) in [5.41, 5.74) is 2.53. The van der Waals surface area contributed by atoms with Crippen LogP contribution in [0.25, 0.3) is 0 Å². The molecule has 0 aromatic heterocycles. The van der Waals surface area contributed by atoms with Crippen molar-refractivity contribution < 1.29 is 13.2 Å². The maximum absolute atomic E-state index is 12.5. The van der Waals surface area contributed by atoms with Crippen molar-refractivity contribution in [3.05, 3.63) is 65.2 Å². The average Bonchev–Trinajstić information content (AvgIpc) is 2.77. The number of rotatable bonds is 8. The molecule has 7 heteroatoms. The second-order valence-electron chi connectivity index (χ2n) is 8.04. The second kappa shape index (κ2) is 10.6. The number of amides is 1. The molecular weight excluding hydrogens is 410 g/mol. The van der Waals surface area contributed by atoms with Gasteiger partial charge in [0.1, 0.15) is 0 Å². The Kier molecular flexibility index (Phi) is 7.85. The van der Waals surface area contributed by atoms with Crippen molar-refractivity contribution >= 4 is 15.9 Å². The van der Waals surface area contributed by atoms with Crippen molar-refractivity contribution in [2.24, 2.45) is 5.92 Å². The fourth-order valence-corrected chi connectivity index (χ4v) is 4.74. The molecule has 1 atom stereocenters. The third-order valence-electron chi connectivity index (χ3n) is 5.39. The molecule has 0 aliphatic carbocycles. The summed E-state index contributed by atoms with van der Waals surface area (Å²) in [7, 11) is -3.74. The Bertz CT molecular complexity index is 1040. The van der Waals surface area contributed by atoms with E-state index in [1.165, 1.54) is 36.6 Å². The monoisotopic (exact) mass is 439 g/mol. The fraction of sp³-hybridized carbons (Fsp3) is 0.375. The van der Waals surface area contributed by atoms with E-state index in [4.69, 9.17) is 6.42 Å². The first-order chi connectivity index (χ1) is 14.9. The Morgan fingerprint density at radius 2 is 1.94 bits per heavy atom. The van der Waals surface area contributed by atoms with Gasteiger partial charge in [-0.15, -0.1) is 6.42 Å². The standard InChI is InChI=1S/C24H29N3O3S/c1-3-13-26-31(29,30)23-8-4-7-22(15-23)24(28)25-16-20-9-11-21(12-10-20)18-27-14-5-6-19(2)17-27/h1,4,7-12,15,19,26H,5-6,13-14,16-18H2,2H3,(H,25,28). The number of hydrogen-bond acceptors (Lipinski definition) is 4. The van der Waals surface area contributed by atoms with E-state index in [-0.39, 0.29) is 22.9 Å². The Morgan fingerprint density at radius 3 is 2.65 bits per heavy atom. The van der Waals surface area contributed by atoms with Crippen molar-refractivity contribution in [3.63, 3.8) is 0 Å². The minimum absolute atomic E-state index is 0.00628. The van der Waals surface area contributed by atoms with E-state index in [2.05, 4.69) is 39.9 Å². The summed E-state index contributed by atoms with van der Waals surface area (Å²) in [4.78, 5) is 15.0. The molecule has 6 nitrogen and oxygen atoms in total. The molecule has 0 radical (unpaired) electrons. The van der Waals surface area contributed by atoms with Gasteiger partial charge in [-0.05, 0) is 54.6 Å². The summed E-state index contributed by atoms with van der Waals surface area (Å²) >= 11 is 0. The number of carbonyl (C=O) groups is 1. The molecule has 1 amide bonds. The van der Waals surface area contributed by atoms with Crippen LogP contribution in [0.3, 0.4) is 0 Å². The molecular formula is C24H29N3O3S. The van der Waals surface area contributed by atoms with Crippen molar-refractivity contribution in [2.45, 2.75) is 37.8 Å². The number of nitrogens with one attached hydrogen (secondary N) is 2. The Balaban J connectivity index is 1.56. The van der Waals surface area contributed by atoms with Gasteiger partial charge in [-0.2, -0.15) is 4.72 Å². The molecule has 1 unspecified atom stereocenters. The first-order valence-corrected chi connectivity index (χ1v) is 12.0. The van der Waals surface area contributed by atoms with E-state index >= 15 is 0 Å². The van der Waals surface area contributed by atoms with Crippen LogP contribution in [0.5, 0.6) is 0 Å². The zero-order valence-corrected chi connectivity index (χ0v) is 18.6. The quantitative estimate of drug-likeness (QED) is 0.620. The van der Waals surface area contributed by atoms with Crippen molar-refractivity contribution in [3.8, 4) is 12.3 Å². The summed E-state index contributed by atoms with van der Waals surface area (Å²) < 4.78 is 26.7. The number of sulfonamides is 1. The largest absolute Gasteiger partial charge is 0.348 e. The topological polar surface area (TPSA) is 78.5 Å². The van der Waals surface area contributed by atoms with Crippen LogP contribution in [0.1, 0.15) is 41.3 Å². The number of likely N-dealkylation sites (tertiary alicyclic amines) is 1. The maximum atomic E-state index is 12.5. The lowest BCUT2D eigenvalue weighted by Gasteiger charge is -2.30. The molecule has 1 aliphatic heterocycles. The normalized spacial score (nSPS) is 17.1. The molecule has 1 aliphatic rings. The van der Waals surface area contributed by atoms with Crippen molar-refractivity contribution in [2.75, 3.05) is 19.6 Å². The first kappa shape index (κ1) is 23.0.